The lowest BCUT2D eigenvalue weighted by Gasteiger charge is -2.33. The second-order valence-corrected chi connectivity index (χ2v) is 6.14. The molecule has 0 saturated carbocycles. The summed E-state index contributed by atoms with van der Waals surface area (Å²) in [5.41, 5.74) is 5.59. The Kier molecular flexibility index (Phi) is 7.08. The molecule has 5 nitrogen and oxygen atoms in total. The van der Waals surface area contributed by atoms with Crippen molar-refractivity contribution in [1.82, 2.24) is 10.2 Å². The number of likely N-dealkylation sites (tertiary alicyclic amines) is 1. The van der Waals surface area contributed by atoms with Crippen molar-refractivity contribution in [2.24, 2.45) is 5.73 Å². The van der Waals surface area contributed by atoms with E-state index in [9.17, 15) is 13.6 Å². The van der Waals surface area contributed by atoms with E-state index in [1.54, 1.807) is 0 Å². The van der Waals surface area contributed by atoms with Crippen molar-refractivity contribution in [3.63, 3.8) is 0 Å². The van der Waals surface area contributed by atoms with Gasteiger partial charge in [0.05, 0.1) is 12.5 Å². The molecule has 7 heteroatoms. The predicted molar refractivity (Wildman–Crippen MR) is 87.3 cm³/mol. The molecule has 0 spiro atoms. The maximum absolute atomic E-state index is 13.8. The minimum Gasteiger partial charge on any atom is -0.380 e. The first-order chi connectivity index (χ1) is 11.5. The maximum atomic E-state index is 13.8. The van der Waals surface area contributed by atoms with Gasteiger partial charge in [0.1, 0.15) is 11.6 Å². The number of amides is 1. The summed E-state index contributed by atoms with van der Waals surface area (Å²) in [4.78, 5) is 14.0. The number of carbonyl (C=O) groups is 1. The first-order valence-corrected chi connectivity index (χ1v) is 8.21. The van der Waals surface area contributed by atoms with E-state index in [0.29, 0.717) is 6.54 Å². The van der Waals surface area contributed by atoms with E-state index in [-0.39, 0.29) is 43.1 Å². The number of methoxy groups -OCH3 is 1. The smallest absolute Gasteiger partial charge is 0.222 e. The summed E-state index contributed by atoms with van der Waals surface area (Å²) >= 11 is 0. The van der Waals surface area contributed by atoms with Crippen molar-refractivity contribution in [3.05, 3.63) is 35.4 Å². The number of hydrogen-bond acceptors (Lipinski definition) is 4. The quantitative estimate of drug-likeness (QED) is 0.787. The summed E-state index contributed by atoms with van der Waals surface area (Å²) in [5, 5.41) is 2.96. The molecule has 1 fully saturated rings. The Balaban J connectivity index is 1.89. The van der Waals surface area contributed by atoms with Gasteiger partial charge < -0.3 is 15.8 Å². The number of piperidine rings is 1. The molecule has 24 heavy (non-hydrogen) atoms. The Morgan fingerprint density at radius 2 is 2.17 bits per heavy atom. The third-order valence-corrected chi connectivity index (χ3v) is 4.32. The SMILES string of the molecule is COC(CN)CC(=O)NC1CCCN(Cc2c(F)cccc2F)C1. The summed E-state index contributed by atoms with van der Waals surface area (Å²) in [6.45, 7) is 1.81. The fraction of sp³-hybridized carbons (Fsp3) is 0.588. The highest BCUT2D eigenvalue weighted by Crippen LogP contribution is 2.18. The Bertz CT molecular complexity index is 532. The van der Waals surface area contributed by atoms with Crippen molar-refractivity contribution >= 4 is 5.91 Å². The molecule has 1 aromatic carbocycles. The van der Waals surface area contributed by atoms with Gasteiger partial charge in [0, 0.05) is 38.3 Å². The van der Waals surface area contributed by atoms with E-state index in [0.717, 1.165) is 19.4 Å². The highest BCUT2D eigenvalue weighted by Gasteiger charge is 2.24. The van der Waals surface area contributed by atoms with Crippen molar-refractivity contribution in [1.29, 1.82) is 0 Å². The molecule has 1 aromatic rings. The van der Waals surface area contributed by atoms with Crippen LogP contribution in [0.1, 0.15) is 24.8 Å². The molecule has 0 aromatic heterocycles. The summed E-state index contributed by atoms with van der Waals surface area (Å²) < 4.78 is 32.7. The zero-order valence-corrected chi connectivity index (χ0v) is 13.9. The molecule has 0 radical (unpaired) electrons. The lowest BCUT2D eigenvalue weighted by atomic mass is 10.0. The van der Waals surface area contributed by atoms with Crippen LogP contribution in [-0.2, 0) is 16.1 Å². The molecule has 3 N–H and O–H groups in total. The Hall–Kier alpha value is -1.57. The van der Waals surface area contributed by atoms with Crippen LogP contribution in [0.25, 0.3) is 0 Å². The van der Waals surface area contributed by atoms with Gasteiger partial charge in [0.15, 0.2) is 0 Å². The number of ether oxygens (including phenoxy) is 1. The van der Waals surface area contributed by atoms with Crippen LogP contribution in [0.15, 0.2) is 18.2 Å². The largest absolute Gasteiger partial charge is 0.380 e. The van der Waals surface area contributed by atoms with Gasteiger partial charge in [-0.25, -0.2) is 8.78 Å². The van der Waals surface area contributed by atoms with Crippen molar-refractivity contribution in [3.8, 4) is 0 Å². The first-order valence-electron chi connectivity index (χ1n) is 8.21. The topological polar surface area (TPSA) is 67.6 Å². The Labute approximate surface area is 141 Å². The molecule has 134 valence electrons. The molecule has 1 aliphatic heterocycles. The number of nitrogens with zero attached hydrogens (tertiary/aromatic N) is 1. The molecule has 2 unspecified atom stereocenters. The monoisotopic (exact) mass is 341 g/mol. The maximum Gasteiger partial charge on any atom is 0.222 e. The zero-order valence-electron chi connectivity index (χ0n) is 13.9. The van der Waals surface area contributed by atoms with Crippen molar-refractivity contribution < 1.29 is 18.3 Å². The standard InChI is InChI=1S/C17H25F2N3O2/c1-24-13(9-20)8-17(23)21-12-4-3-7-22(10-12)11-14-15(18)5-2-6-16(14)19/h2,5-6,12-13H,3-4,7-11,20H2,1H3,(H,21,23). The first kappa shape index (κ1) is 18.8. The Morgan fingerprint density at radius 1 is 1.46 bits per heavy atom. The number of hydrogen-bond donors (Lipinski definition) is 2. The van der Waals surface area contributed by atoms with Crippen molar-refractivity contribution in [2.75, 3.05) is 26.7 Å². The molecule has 2 rings (SSSR count). The summed E-state index contributed by atoms with van der Waals surface area (Å²) in [6, 6.07) is 3.85. The number of benzene rings is 1. The highest BCUT2D eigenvalue weighted by atomic mass is 19.1. The zero-order chi connectivity index (χ0) is 17.5. The van der Waals surface area contributed by atoms with Crippen LogP contribution in [0, 0.1) is 11.6 Å². The molecular formula is C17H25F2N3O2. The van der Waals surface area contributed by atoms with E-state index < -0.39 is 11.6 Å². The van der Waals surface area contributed by atoms with Crippen LogP contribution in [0.4, 0.5) is 8.78 Å². The molecule has 1 aliphatic rings. The molecular weight excluding hydrogens is 316 g/mol. The van der Waals surface area contributed by atoms with Gasteiger partial charge in [-0.1, -0.05) is 6.07 Å². The van der Waals surface area contributed by atoms with Crippen LogP contribution >= 0.6 is 0 Å². The summed E-state index contributed by atoms with van der Waals surface area (Å²) in [5.74, 6) is -1.18. The molecule has 0 aliphatic carbocycles. The van der Waals surface area contributed by atoms with E-state index in [4.69, 9.17) is 10.5 Å². The van der Waals surface area contributed by atoms with Crippen LogP contribution in [0.5, 0.6) is 0 Å². The van der Waals surface area contributed by atoms with Crippen LogP contribution < -0.4 is 11.1 Å². The predicted octanol–water partition coefficient (Wildman–Crippen LogP) is 1.41. The van der Waals surface area contributed by atoms with Gasteiger partial charge in [-0.2, -0.15) is 0 Å². The lowest BCUT2D eigenvalue weighted by Crippen LogP contribution is -2.48. The van der Waals surface area contributed by atoms with E-state index in [2.05, 4.69) is 5.32 Å². The molecule has 2 atom stereocenters. The van der Waals surface area contributed by atoms with Crippen LogP contribution in [0.3, 0.4) is 0 Å². The average molecular weight is 341 g/mol. The third kappa shape index (κ3) is 5.22. The second kappa shape index (κ2) is 9.05. The van der Waals surface area contributed by atoms with Gasteiger partial charge in [-0.05, 0) is 31.5 Å². The average Bonchev–Trinajstić information content (AvgIpc) is 2.56. The fourth-order valence-electron chi connectivity index (χ4n) is 2.98. The number of halogens is 2. The minimum absolute atomic E-state index is 0.0311. The molecule has 1 heterocycles. The third-order valence-electron chi connectivity index (χ3n) is 4.32. The van der Waals surface area contributed by atoms with E-state index in [1.807, 2.05) is 4.90 Å². The van der Waals surface area contributed by atoms with Gasteiger partial charge in [0.2, 0.25) is 5.91 Å². The molecule has 1 amide bonds. The van der Waals surface area contributed by atoms with Crippen LogP contribution in [0.2, 0.25) is 0 Å². The van der Waals surface area contributed by atoms with E-state index in [1.165, 1.54) is 25.3 Å². The number of nitrogens with one attached hydrogen (secondary N) is 1. The number of nitrogens with two attached hydrogens (primary N) is 1. The van der Waals surface area contributed by atoms with Gasteiger partial charge >= 0.3 is 0 Å². The molecule has 1 saturated heterocycles. The van der Waals surface area contributed by atoms with Crippen molar-refractivity contribution in [2.45, 2.75) is 38.0 Å². The van der Waals surface area contributed by atoms with Gasteiger partial charge in [0.25, 0.3) is 0 Å². The van der Waals surface area contributed by atoms with E-state index >= 15 is 0 Å². The fourth-order valence-corrected chi connectivity index (χ4v) is 2.98. The highest BCUT2D eigenvalue weighted by molar-refractivity contribution is 5.76. The number of rotatable bonds is 7. The Morgan fingerprint density at radius 3 is 2.79 bits per heavy atom. The number of carbonyl (C=O) groups excluding carboxylic acids is 1. The minimum atomic E-state index is -0.535. The molecule has 0 bridgehead atoms. The normalized spacial score (nSPS) is 19.9. The summed E-state index contributed by atoms with van der Waals surface area (Å²) in [7, 11) is 1.52. The van der Waals surface area contributed by atoms with Gasteiger partial charge in [-0.15, -0.1) is 0 Å². The lowest BCUT2D eigenvalue weighted by molar-refractivity contribution is -0.124. The summed E-state index contributed by atoms with van der Waals surface area (Å²) in [6.07, 6.45) is 1.64. The second-order valence-electron chi connectivity index (χ2n) is 6.14. The van der Waals surface area contributed by atoms with Gasteiger partial charge in [-0.3, -0.25) is 9.69 Å². The van der Waals surface area contributed by atoms with Crippen LogP contribution in [-0.4, -0.2) is 49.7 Å².